The second kappa shape index (κ2) is 3.53. The molecule has 4 nitrogen and oxygen atoms in total. The predicted octanol–water partition coefficient (Wildman–Crippen LogP) is 0.997. The Labute approximate surface area is 88.4 Å². The summed E-state index contributed by atoms with van der Waals surface area (Å²) in [6.07, 6.45) is 4.23. The maximum atomic E-state index is 10.9. The second-order valence-corrected chi connectivity index (χ2v) is 4.01. The topological polar surface area (TPSA) is 65.2 Å². The first-order valence-electron chi connectivity index (χ1n) is 4.95. The van der Waals surface area contributed by atoms with E-state index in [9.17, 15) is 4.79 Å². The molecule has 1 amide bonds. The Balaban J connectivity index is 2.18. The minimum Gasteiger partial charge on any atom is -0.481 e. The number of ether oxygens (including phenoxy) is 1. The highest BCUT2D eigenvalue weighted by Crippen LogP contribution is 2.50. The van der Waals surface area contributed by atoms with Gasteiger partial charge in [-0.3, -0.25) is 4.79 Å². The standard InChI is InChI=1S/C11H14N2O2/c1-15-10-3-2-8(7-13-10)11(4-5-11)6-9(12)14/h2-3,7H,4-6H2,1H3,(H2,12,14). The second-order valence-electron chi connectivity index (χ2n) is 4.01. The van der Waals surface area contributed by atoms with Gasteiger partial charge < -0.3 is 10.5 Å². The van der Waals surface area contributed by atoms with E-state index in [1.165, 1.54) is 0 Å². The Morgan fingerprint density at radius 1 is 1.60 bits per heavy atom. The fourth-order valence-electron chi connectivity index (χ4n) is 1.87. The summed E-state index contributed by atoms with van der Waals surface area (Å²) in [5, 5.41) is 0. The number of methoxy groups -OCH3 is 1. The molecule has 1 heterocycles. The summed E-state index contributed by atoms with van der Waals surface area (Å²) < 4.78 is 4.98. The number of carbonyl (C=O) groups excluding carboxylic acids is 1. The lowest BCUT2D eigenvalue weighted by Crippen LogP contribution is -2.20. The predicted molar refractivity (Wildman–Crippen MR) is 55.5 cm³/mol. The van der Waals surface area contributed by atoms with Gasteiger partial charge in [-0.2, -0.15) is 0 Å². The summed E-state index contributed by atoms with van der Waals surface area (Å²) in [7, 11) is 1.58. The molecule has 0 aromatic carbocycles. The van der Waals surface area contributed by atoms with Crippen molar-refractivity contribution < 1.29 is 9.53 Å². The third kappa shape index (κ3) is 1.93. The Morgan fingerprint density at radius 3 is 2.73 bits per heavy atom. The molecule has 0 aliphatic heterocycles. The highest BCUT2D eigenvalue weighted by Gasteiger charge is 2.45. The minimum atomic E-state index is -0.247. The van der Waals surface area contributed by atoms with Crippen molar-refractivity contribution >= 4 is 5.91 Å². The van der Waals surface area contributed by atoms with Crippen LogP contribution in [0, 0.1) is 0 Å². The molecular formula is C11H14N2O2. The van der Waals surface area contributed by atoms with Crippen molar-refractivity contribution in [1.29, 1.82) is 0 Å². The first kappa shape index (κ1) is 9.96. The van der Waals surface area contributed by atoms with E-state index < -0.39 is 0 Å². The number of nitrogens with zero attached hydrogens (tertiary/aromatic N) is 1. The normalized spacial score (nSPS) is 17.1. The molecule has 0 unspecified atom stereocenters. The molecule has 1 aliphatic rings. The van der Waals surface area contributed by atoms with Crippen LogP contribution in [0.3, 0.4) is 0 Å². The molecule has 0 radical (unpaired) electrons. The SMILES string of the molecule is COc1ccc(C2(CC(N)=O)CC2)cn1. The van der Waals surface area contributed by atoms with Gasteiger partial charge in [0.1, 0.15) is 0 Å². The Morgan fingerprint density at radius 2 is 2.33 bits per heavy atom. The highest BCUT2D eigenvalue weighted by molar-refractivity contribution is 5.76. The van der Waals surface area contributed by atoms with Gasteiger partial charge in [-0.15, -0.1) is 0 Å². The number of carbonyl (C=O) groups is 1. The van der Waals surface area contributed by atoms with Crippen LogP contribution in [-0.4, -0.2) is 18.0 Å². The van der Waals surface area contributed by atoms with Gasteiger partial charge in [-0.1, -0.05) is 6.07 Å². The fourth-order valence-corrected chi connectivity index (χ4v) is 1.87. The van der Waals surface area contributed by atoms with Crippen molar-refractivity contribution in [3.05, 3.63) is 23.9 Å². The van der Waals surface area contributed by atoms with E-state index in [1.807, 2.05) is 12.1 Å². The lowest BCUT2D eigenvalue weighted by molar-refractivity contribution is -0.118. The lowest BCUT2D eigenvalue weighted by Gasteiger charge is -2.12. The molecule has 15 heavy (non-hydrogen) atoms. The van der Waals surface area contributed by atoms with Gasteiger partial charge in [0.25, 0.3) is 0 Å². The van der Waals surface area contributed by atoms with E-state index in [-0.39, 0.29) is 11.3 Å². The zero-order chi connectivity index (χ0) is 10.9. The van der Waals surface area contributed by atoms with Crippen molar-refractivity contribution in [2.45, 2.75) is 24.7 Å². The van der Waals surface area contributed by atoms with Crippen LogP contribution >= 0.6 is 0 Å². The average Bonchev–Trinajstić information content (AvgIpc) is 2.98. The summed E-state index contributed by atoms with van der Waals surface area (Å²) in [4.78, 5) is 15.1. The van der Waals surface area contributed by atoms with Crippen LogP contribution in [0.15, 0.2) is 18.3 Å². The number of rotatable bonds is 4. The molecule has 1 fully saturated rings. The molecule has 2 N–H and O–H groups in total. The maximum absolute atomic E-state index is 10.9. The molecule has 80 valence electrons. The van der Waals surface area contributed by atoms with Crippen molar-refractivity contribution in [1.82, 2.24) is 4.98 Å². The fraction of sp³-hybridized carbons (Fsp3) is 0.455. The summed E-state index contributed by atoms with van der Waals surface area (Å²) >= 11 is 0. The smallest absolute Gasteiger partial charge is 0.218 e. The number of hydrogen-bond acceptors (Lipinski definition) is 3. The Hall–Kier alpha value is -1.58. The van der Waals surface area contributed by atoms with Crippen LogP contribution in [0.1, 0.15) is 24.8 Å². The van der Waals surface area contributed by atoms with Gasteiger partial charge in [0.2, 0.25) is 11.8 Å². The molecule has 1 aromatic rings. The summed E-state index contributed by atoms with van der Waals surface area (Å²) in [5.41, 5.74) is 6.28. The van der Waals surface area contributed by atoms with Crippen LogP contribution in [0.5, 0.6) is 5.88 Å². The quantitative estimate of drug-likeness (QED) is 0.799. The van der Waals surface area contributed by atoms with E-state index in [1.54, 1.807) is 13.3 Å². The molecule has 0 spiro atoms. The van der Waals surface area contributed by atoms with Crippen molar-refractivity contribution in [3.63, 3.8) is 0 Å². The molecule has 0 bridgehead atoms. The monoisotopic (exact) mass is 206 g/mol. The van der Waals surface area contributed by atoms with Crippen LogP contribution < -0.4 is 10.5 Å². The third-order valence-corrected chi connectivity index (χ3v) is 2.92. The van der Waals surface area contributed by atoms with E-state index in [0.717, 1.165) is 18.4 Å². The van der Waals surface area contributed by atoms with E-state index in [0.29, 0.717) is 12.3 Å². The third-order valence-electron chi connectivity index (χ3n) is 2.92. The van der Waals surface area contributed by atoms with Gasteiger partial charge in [-0.05, 0) is 18.4 Å². The van der Waals surface area contributed by atoms with Crippen LogP contribution in [-0.2, 0) is 10.2 Å². The van der Waals surface area contributed by atoms with Gasteiger partial charge in [-0.25, -0.2) is 4.98 Å². The Bertz CT molecular complexity index is 369. The molecule has 2 rings (SSSR count). The number of aromatic nitrogens is 1. The molecule has 1 aromatic heterocycles. The number of pyridine rings is 1. The van der Waals surface area contributed by atoms with Gasteiger partial charge >= 0.3 is 0 Å². The molecule has 0 atom stereocenters. The summed E-state index contributed by atoms with van der Waals surface area (Å²) in [5.74, 6) is 0.344. The number of primary amides is 1. The van der Waals surface area contributed by atoms with Gasteiger partial charge in [0, 0.05) is 24.1 Å². The minimum absolute atomic E-state index is 0.0366. The van der Waals surface area contributed by atoms with Crippen molar-refractivity contribution in [3.8, 4) is 5.88 Å². The molecule has 0 saturated heterocycles. The molecule has 4 heteroatoms. The Kier molecular flexibility index (Phi) is 2.34. The van der Waals surface area contributed by atoms with Gasteiger partial charge in [0.05, 0.1) is 7.11 Å². The van der Waals surface area contributed by atoms with Crippen molar-refractivity contribution in [2.75, 3.05) is 7.11 Å². The molecule has 1 aliphatic carbocycles. The van der Waals surface area contributed by atoms with Crippen molar-refractivity contribution in [2.24, 2.45) is 5.73 Å². The largest absolute Gasteiger partial charge is 0.481 e. The lowest BCUT2D eigenvalue weighted by atomic mass is 9.94. The number of nitrogens with two attached hydrogens (primary N) is 1. The first-order valence-corrected chi connectivity index (χ1v) is 4.95. The zero-order valence-electron chi connectivity index (χ0n) is 8.69. The van der Waals surface area contributed by atoms with E-state index in [4.69, 9.17) is 10.5 Å². The average molecular weight is 206 g/mol. The zero-order valence-corrected chi connectivity index (χ0v) is 8.69. The van der Waals surface area contributed by atoms with E-state index in [2.05, 4.69) is 4.98 Å². The summed E-state index contributed by atoms with van der Waals surface area (Å²) in [6, 6.07) is 3.78. The summed E-state index contributed by atoms with van der Waals surface area (Å²) in [6.45, 7) is 0. The number of amides is 1. The van der Waals surface area contributed by atoms with Crippen LogP contribution in [0.25, 0.3) is 0 Å². The highest BCUT2D eigenvalue weighted by atomic mass is 16.5. The van der Waals surface area contributed by atoms with E-state index >= 15 is 0 Å². The molecular weight excluding hydrogens is 192 g/mol. The van der Waals surface area contributed by atoms with Gasteiger partial charge in [0.15, 0.2) is 0 Å². The van der Waals surface area contributed by atoms with Crippen LogP contribution in [0.4, 0.5) is 0 Å². The molecule has 1 saturated carbocycles. The number of hydrogen-bond donors (Lipinski definition) is 1. The maximum Gasteiger partial charge on any atom is 0.218 e. The van der Waals surface area contributed by atoms with Crippen LogP contribution in [0.2, 0.25) is 0 Å². The first-order chi connectivity index (χ1) is 7.16.